The summed E-state index contributed by atoms with van der Waals surface area (Å²) in [5.41, 5.74) is 7.04. The zero-order valence-electron chi connectivity index (χ0n) is 24.2. The Balaban J connectivity index is 1.01. The Bertz CT molecular complexity index is 1620. The number of aromatic amines is 1. The summed E-state index contributed by atoms with van der Waals surface area (Å²) in [5, 5.41) is 1.23. The molecule has 0 aliphatic carbocycles. The zero-order chi connectivity index (χ0) is 28.2. The van der Waals surface area contributed by atoms with E-state index in [9.17, 15) is 4.79 Å². The number of hydrogen-bond donors (Lipinski definition) is 1. The second-order valence-corrected chi connectivity index (χ2v) is 11.5. The second-order valence-electron chi connectivity index (χ2n) is 11.5. The minimum Gasteiger partial charge on any atom is -0.486 e. The van der Waals surface area contributed by atoms with Gasteiger partial charge in [0.15, 0.2) is 0 Å². The Kier molecular flexibility index (Phi) is 8.08. The number of nitrogens with zero attached hydrogens (tertiary/aromatic N) is 3. The van der Waals surface area contributed by atoms with Gasteiger partial charge in [0.05, 0.1) is 11.0 Å². The minimum absolute atomic E-state index is 0.284. The molecule has 6 rings (SSSR count). The number of hydrogen-bond acceptors (Lipinski definition) is 3. The van der Waals surface area contributed by atoms with E-state index in [1.165, 1.54) is 34.0 Å². The van der Waals surface area contributed by atoms with Gasteiger partial charge in [0.1, 0.15) is 18.2 Å². The van der Waals surface area contributed by atoms with E-state index in [2.05, 4.69) is 83.0 Å². The Labute approximate surface area is 242 Å². The summed E-state index contributed by atoms with van der Waals surface area (Å²) >= 11 is 0. The first-order valence-corrected chi connectivity index (χ1v) is 15.0. The highest BCUT2D eigenvalue weighted by Gasteiger charge is 2.23. The molecule has 1 aliphatic rings. The van der Waals surface area contributed by atoms with Gasteiger partial charge in [0, 0.05) is 43.2 Å². The number of likely N-dealkylation sites (tertiary alicyclic amines) is 1. The van der Waals surface area contributed by atoms with Crippen molar-refractivity contribution in [1.29, 1.82) is 0 Å². The van der Waals surface area contributed by atoms with Crippen molar-refractivity contribution in [2.24, 2.45) is 5.92 Å². The number of imidazole rings is 1. The molecule has 1 saturated heterocycles. The lowest BCUT2D eigenvalue weighted by atomic mass is 9.92. The quantitative estimate of drug-likeness (QED) is 0.198. The standard InChI is InChI=1S/C35H40N4O2/c1-25-12-15-29(16-13-25)41-24-33-37-35-26(2)7-5-11-32(35)39(33)20-6-8-27-18-21-38(22-19-27)34(40)17-14-28-23-36-31-10-4-3-9-30(28)31/h3-5,7,9-13,15-16,23,27,36H,6,8,14,17-22,24H2,1-2H3. The van der Waals surface area contributed by atoms with E-state index in [0.29, 0.717) is 18.9 Å². The van der Waals surface area contributed by atoms with E-state index in [1.54, 1.807) is 0 Å². The number of fused-ring (bicyclic) bond motifs is 2. The summed E-state index contributed by atoms with van der Waals surface area (Å²) in [7, 11) is 0. The number of para-hydroxylation sites is 2. The van der Waals surface area contributed by atoms with Crippen LogP contribution in [0.25, 0.3) is 21.9 Å². The Morgan fingerprint density at radius 2 is 1.80 bits per heavy atom. The molecule has 0 spiro atoms. The fourth-order valence-corrected chi connectivity index (χ4v) is 6.22. The molecule has 1 amide bonds. The summed E-state index contributed by atoms with van der Waals surface area (Å²) < 4.78 is 8.48. The summed E-state index contributed by atoms with van der Waals surface area (Å²) in [5.74, 6) is 2.79. The number of amides is 1. The third-order valence-electron chi connectivity index (χ3n) is 8.69. The van der Waals surface area contributed by atoms with Gasteiger partial charge in [-0.25, -0.2) is 4.98 Å². The number of nitrogens with one attached hydrogen (secondary N) is 1. The molecule has 3 heterocycles. The number of H-pyrrole nitrogens is 1. The van der Waals surface area contributed by atoms with E-state index in [1.807, 2.05) is 18.2 Å². The lowest BCUT2D eigenvalue weighted by Crippen LogP contribution is -2.38. The molecule has 5 aromatic rings. The number of carbonyl (C=O) groups excluding carboxylic acids is 1. The second kappa shape index (κ2) is 12.2. The number of piperidine rings is 1. The van der Waals surface area contributed by atoms with Crippen LogP contribution in [-0.2, 0) is 24.4 Å². The minimum atomic E-state index is 0.284. The molecule has 41 heavy (non-hydrogen) atoms. The van der Waals surface area contributed by atoms with Gasteiger partial charge in [-0.1, -0.05) is 48.0 Å². The Hall–Kier alpha value is -4.06. The molecular weight excluding hydrogens is 508 g/mol. The van der Waals surface area contributed by atoms with E-state index in [0.717, 1.165) is 67.9 Å². The molecule has 6 nitrogen and oxygen atoms in total. The molecule has 0 bridgehead atoms. The van der Waals surface area contributed by atoms with Gasteiger partial charge >= 0.3 is 0 Å². The first kappa shape index (κ1) is 27.1. The maximum absolute atomic E-state index is 13.0. The molecule has 0 atom stereocenters. The van der Waals surface area contributed by atoms with Gasteiger partial charge in [0.25, 0.3) is 0 Å². The van der Waals surface area contributed by atoms with Crippen LogP contribution < -0.4 is 4.74 Å². The van der Waals surface area contributed by atoms with E-state index in [-0.39, 0.29) is 5.91 Å². The first-order valence-electron chi connectivity index (χ1n) is 15.0. The van der Waals surface area contributed by atoms with Crippen molar-refractivity contribution in [3.8, 4) is 5.75 Å². The predicted octanol–water partition coefficient (Wildman–Crippen LogP) is 7.37. The number of aryl methyl sites for hydroxylation is 4. The highest BCUT2D eigenvalue weighted by Crippen LogP contribution is 2.26. The average Bonchev–Trinajstić information content (AvgIpc) is 3.58. The van der Waals surface area contributed by atoms with Crippen molar-refractivity contribution < 1.29 is 9.53 Å². The van der Waals surface area contributed by atoms with Crippen LogP contribution in [0.3, 0.4) is 0 Å². The summed E-state index contributed by atoms with van der Waals surface area (Å²) in [6.07, 6.45) is 7.86. The maximum Gasteiger partial charge on any atom is 0.222 e. The number of carbonyl (C=O) groups is 1. The lowest BCUT2D eigenvalue weighted by molar-refractivity contribution is -0.132. The number of ether oxygens (including phenoxy) is 1. The van der Waals surface area contributed by atoms with Crippen molar-refractivity contribution in [2.75, 3.05) is 13.1 Å². The van der Waals surface area contributed by atoms with Crippen molar-refractivity contribution in [3.63, 3.8) is 0 Å². The van der Waals surface area contributed by atoms with Gasteiger partial charge in [-0.3, -0.25) is 4.79 Å². The van der Waals surface area contributed by atoms with Crippen molar-refractivity contribution >= 4 is 27.8 Å². The van der Waals surface area contributed by atoms with Crippen LogP contribution in [0.4, 0.5) is 0 Å². The van der Waals surface area contributed by atoms with E-state index >= 15 is 0 Å². The molecule has 3 aromatic carbocycles. The van der Waals surface area contributed by atoms with Gasteiger partial charge in [-0.05, 0) is 87.3 Å². The summed E-state index contributed by atoms with van der Waals surface area (Å²) in [6.45, 7) is 7.34. The normalized spacial score (nSPS) is 14.2. The maximum atomic E-state index is 13.0. The molecule has 0 radical (unpaired) electrons. The summed E-state index contributed by atoms with van der Waals surface area (Å²) in [4.78, 5) is 23.4. The highest BCUT2D eigenvalue weighted by molar-refractivity contribution is 5.84. The van der Waals surface area contributed by atoms with Crippen LogP contribution in [0.1, 0.15) is 54.6 Å². The van der Waals surface area contributed by atoms with Gasteiger partial charge in [-0.15, -0.1) is 0 Å². The number of benzene rings is 3. The Morgan fingerprint density at radius 1 is 1.00 bits per heavy atom. The first-order chi connectivity index (χ1) is 20.0. The molecule has 0 saturated carbocycles. The number of aromatic nitrogens is 3. The van der Waals surface area contributed by atoms with Gasteiger partial charge in [-0.2, -0.15) is 0 Å². The van der Waals surface area contributed by atoms with Crippen molar-refractivity contribution in [3.05, 3.63) is 95.4 Å². The molecule has 0 unspecified atom stereocenters. The fourth-order valence-electron chi connectivity index (χ4n) is 6.22. The molecule has 2 aromatic heterocycles. The molecule has 1 fully saturated rings. The summed E-state index contributed by atoms with van der Waals surface area (Å²) in [6, 6.07) is 22.9. The largest absolute Gasteiger partial charge is 0.486 e. The highest BCUT2D eigenvalue weighted by atomic mass is 16.5. The van der Waals surface area contributed by atoms with Crippen molar-refractivity contribution in [1.82, 2.24) is 19.4 Å². The molecule has 6 heteroatoms. The SMILES string of the molecule is Cc1ccc(OCc2nc3c(C)cccc3n2CCCC2CCN(C(=O)CCc3c[nH]c4ccccc34)CC2)cc1. The third-order valence-corrected chi connectivity index (χ3v) is 8.69. The topological polar surface area (TPSA) is 63.1 Å². The zero-order valence-corrected chi connectivity index (χ0v) is 24.2. The van der Waals surface area contributed by atoms with Gasteiger partial charge < -0.3 is 19.2 Å². The van der Waals surface area contributed by atoms with Crippen LogP contribution >= 0.6 is 0 Å². The van der Waals surface area contributed by atoms with Crippen LogP contribution in [0.5, 0.6) is 5.75 Å². The van der Waals surface area contributed by atoms with Crippen LogP contribution in [0.15, 0.2) is 72.9 Å². The molecule has 212 valence electrons. The smallest absolute Gasteiger partial charge is 0.222 e. The number of rotatable bonds is 10. The monoisotopic (exact) mass is 548 g/mol. The molecular formula is C35H40N4O2. The Morgan fingerprint density at radius 3 is 2.63 bits per heavy atom. The van der Waals surface area contributed by atoms with Gasteiger partial charge in [0.2, 0.25) is 5.91 Å². The van der Waals surface area contributed by atoms with E-state index in [4.69, 9.17) is 9.72 Å². The average molecular weight is 549 g/mol. The fraction of sp³-hybridized carbons (Fsp3) is 0.371. The van der Waals surface area contributed by atoms with E-state index < -0.39 is 0 Å². The van der Waals surface area contributed by atoms with Crippen LogP contribution in [-0.4, -0.2) is 38.4 Å². The molecule has 1 N–H and O–H groups in total. The third kappa shape index (κ3) is 6.17. The predicted molar refractivity (Wildman–Crippen MR) is 165 cm³/mol. The van der Waals surface area contributed by atoms with Crippen molar-refractivity contribution in [2.45, 2.75) is 65.5 Å². The lowest BCUT2D eigenvalue weighted by Gasteiger charge is -2.32. The van der Waals surface area contributed by atoms with Crippen LogP contribution in [0.2, 0.25) is 0 Å². The molecule has 1 aliphatic heterocycles. The van der Waals surface area contributed by atoms with Crippen LogP contribution in [0, 0.1) is 19.8 Å².